The Labute approximate surface area is 142 Å². The third-order valence-corrected chi connectivity index (χ3v) is 5.71. The van der Waals surface area contributed by atoms with Crippen molar-refractivity contribution in [2.24, 2.45) is 5.73 Å². The largest absolute Gasteiger partial charge is 0.434 e. The average molecular weight is 375 g/mol. The van der Waals surface area contributed by atoms with Gasteiger partial charge in [0.05, 0.1) is 23.7 Å². The molecule has 0 saturated carbocycles. The molecule has 25 heavy (non-hydrogen) atoms. The molecule has 0 aliphatic carbocycles. The normalized spacial score (nSPS) is 22.8. The number of benzene rings is 1. The monoisotopic (exact) mass is 375 g/mol. The predicted molar refractivity (Wildman–Crippen MR) is 84.0 cm³/mol. The van der Waals surface area contributed by atoms with Crippen molar-refractivity contribution in [2.75, 3.05) is 40.9 Å². The van der Waals surface area contributed by atoms with E-state index in [4.69, 9.17) is 10.5 Å². The lowest BCUT2D eigenvalue weighted by Crippen LogP contribution is -2.41. The van der Waals surface area contributed by atoms with Gasteiger partial charge in [-0.3, -0.25) is 9.69 Å². The van der Waals surface area contributed by atoms with Crippen LogP contribution in [0.5, 0.6) is 0 Å². The summed E-state index contributed by atoms with van der Waals surface area (Å²) in [7, 11) is -3.19. The lowest BCUT2D eigenvalue weighted by molar-refractivity contribution is -0.124. The van der Waals surface area contributed by atoms with E-state index in [-0.39, 0.29) is 42.5 Å². The first-order chi connectivity index (χ1) is 11.7. The number of carbonyl (C=O) groups is 2. The molecule has 2 aliphatic rings. The number of amides is 2. The molecule has 0 radical (unpaired) electrons. The van der Waals surface area contributed by atoms with Crippen LogP contribution in [0.25, 0.3) is 0 Å². The molecule has 2 fully saturated rings. The van der Waals surface area contributed by atoms with Crippen LogP contribution in [0.3, 0.4) is 0 Å². The van der Waals surface area contributed by atoms with Gasteiger partial charge in [-0.05, 0) is 0 Å². The highest BCUT2D eigenvalue weighted by atomic mass is 32.2. The highest BCUT2D eigenvalue weighted by molar-refractivity contribution is 7.91. The number of ether oxygens (including phenoxy) is 1. The standard InChI is InChI=1S/C14H15F2N3O5S/c15-9-5-8(19-7-11(13(17)20)24-14(19)21)6-10(16)12(9)18-1-3-25(22,23)4-2-18/h5-6,11H,1-4,7H2,(H2,17,20). The molecule has 2 N–H and O–H groups in total. The fourth-order valence-electron chi connectivity index (χ4n) is 2.77. The number of hydrogen-bond donors (Lipinski definition) is 1. The van der Waals surface area contributed by atoms with E-state index in [1.54, 1.807) is 0 Å². The van der Waals surface area contributed by atoms with E-state index in [0.717, 1.165) is 17.0 Å². The molecule has 1 unspecified atom stereocenters. The minimum absolute atomic E-state index is 0.0228. The minimum Gasteiger partial charge on any atom is -0.434 e. The van der Waals surface area contributed by atoms with Crippen molar-refractivity contribution in [3.8, 4) is 0 Å². The summed E-state index contributed by atoms with van der Waals surface area (Å²) in [5, 5.41) is 0. The number of nitrogens with zero attached hydrogens (tertiary/aromatic N) is 2. The average Bonchev–Trinajstić information content (AvgIpc) is 2.90. The SMILES string of the molecule is NC(=O)C1CN(c2cc(F)c(N3CCS(=O)(=O)CC3)c(F)c2)C(=O)O1. The number of primary amides is 1. The Morgan fingerprint density at radius 1 is 1.20 bits per heavy atom. The molecule has 2 saturated heterocycles. The quantitative estimate of drug-likeness (QED) is 0.797. The fourth-order valence-corrected chi connectivity index (χ4v) is 3.97. The second-order valence-corrected chi connectivity index (χ2v) is 8.09. The van der Waals surface area contributed by atoms with E-state index in [1.807, 2.05) is 0 Å². The Kier molecular flexibility index (Phi) is 4.27. The smallest absolute Gasteiger partial charge is 0.415 e. The summed E-state index contributed by atoms with van der Waals surface area (Å²) < 4.78 is 56.4. The van der Waals surface area contributed by atoms with Gasteiger partial charge in [0.2, 0.25) is 0 Å². The molecule has 1 atom stereocenters. The molecule has 11 heteroatoms. The molecule has 2 aliphatic heterocycles. The molecule has 2 heterocycles. The van der Waals surface area contributed by atoms with Gasteiger partial charge in [0.15, 0.2) is 27.6 Å². The lowest BCUT2D eigenvalue weighted by atomic mass is 10.2. The van der Waals surface area contributed by atoms with Crippen molar-refractivity contribution < 1.29 is 31.5 Å². The second kappa shape index (κ2) is 6.14. The zero-order chi connectivity index (χ0) is 18.4. The summed E-state index contributed by atoms with van der Waals surface area (Å²) in [5.74, 6) is -3.11. The fraction of sp³-hybridized carbons (Fsp3) is 0.429. The summed E-state index contributed by atoms with van der Waals surface area (Å²) in [6, 6.07) is 1.87. The van der Waals surface area contributed by atoms with Gasteiger partial charge in [0, 0.05) is 25.2 Å². The molecule has 1 aromatic carbocycles. The number of sulfone groups is 1. The molecule has 2 amide bonds. The first kappa shape index (κ1) is 17.4. The molecule has 0 bridgehead atoms. The minimum atomic E-state index is -3.19. The van der Waals surface area contributed by atoms with E-state index in [9.17, 15) is 26.8 Å². The van der Waals surface area contributed by atoms with E-state index < -0.39 is 39.6 Å². The number of rotatable bonds is 3. The molecular formula is C14H15F2N3O5S. The van der Waals surface area contributed by atoms with E-state index in [0.29, 0.717) is 0 Å². The van der Waals surface area contributed by atoms with Gasteiger partial charge in [0.25, 0.3) is 5.91 Å². The van der Waals surface area contributed by atoms with Crippen molar-refractivity contribution in [1.82, 2.24) is 0 Å². The summed E-state index contributed by atoms with van der Waals surface area (Å²) in [6.45, 7) is -0.287. The predicted octanol–water partition coefficient (Wildman–Crippen LogP) is 0.0101. The van der Waals surface area contributed by atoms with Gasteiger partial charge in [0.1, 0.15) is 5.69 Å². The molecule has 1 aromatic rings. The van der Waals surface area contributed by atoms with Crippen LogP contribution < -0.4 is 15.5 Å². The molecule has 3 rings (SSSR count). The number of carbonyl (C=O) groups excluding carboxylic acids is 2. The number of halogens is 2. The highest BCUT2D eigenvalue weighted by Crippen LogP contribution is 2.31. The van der Waals surface area contributed by atoms with Crippen LogP contribution >= 0.6 is 0 Å². The van der Waals surface area contributed by atoms with Crippen LogP contribution in [0.1, 0.15) is 0 Å². The maximum atomic E-state index is 14.4. The molecule has 0 spiro atoms. The summed E-state index contributed by atoms with van der Waals surface area (Å²) in [4.78, 5) is 25.0. The van der Waals surface area contributed by atoms with E-state index >= 15 is 0 Å². The van der Waals surface area contributed by atoms with E-state index in [1.165, 1.54) is 4.90 Å². The second-order valence-electron chi connectivity index (χ2n) is 5.78. The summed E-state index contributed by atoms with van der Waals surface area (Å²) in [6.07, 6.45) is -2.12. The van der Waals surface area contributed by atoms with Crippen molar-refractivity contribution in [3.05, 3.63) is 23.8 Å². The maximum Gasteiger partial charge on any atom is 0.415 e. The Morgan fingerprint density at radius 2 is 1.76 bits per heavy atom. The molecular weight excluding hydrogens is 360 g/mol. The first-order valence-electron chi connectivity index (χ1n) is 7.40. The van der Waals surface area contributed by atoms with Crippen molar-refractivity contribution >= 4 is 33.2 Å². The third-order valence-electron chi connectivity index (χ3n) is 4.10. The number of anilines is 2. The van der Waals surface area contributed by atoms with E-state index in [2.05, 4.69) is 0 Å². The van der Waals surface area contributed by atoms with Crippen LogP contribution in [-0.2, 0) is 19.4 Å². The van der Waals surface area contributed by atoms with Gasteiger partial charge in [-0.2, -0.15) is 0 Å². The lowest BCUT2D eigenvalue weighted by Gasteiger charge is -2.29. The number of cyclic esters (lactones) is 1. The number of nitrogens with two attached hydrogens (primary N) is 1. The highest BCUT2D eigenvalue weighted by Gasteiger charge is 2.37. The van der Waals surface area contributed by atoms with Gasteiger partial charge in [-0.1, -0.05) is 0 Å². The molecule has 136 valence electrons. The van der Waals surface area contributed by atoms with Gasteiger partial charge in [-0.25, -0.2) is 22.0 Å². The maximum absolute atomic E-state index is 14.4. The number of hydrogen-bond acceptors (Lipinski definition) is 6. The summed E-state index contributed by atoms with van der Waals surface area (Å²) in [5.41, 5.74) is 4.59. The van der Waals surface area contributed by atoms with Crippen molar-refractivity contribution in [1.29, 1.82) is 0 Å². The van der Waals surface area contributed by atoms with Gasteiger partial charge < -0.3 is 15.4 Å². The van der Waals surface area contributed by atoms with Crippen LogP contribution in [0, 0.1) is 11.6 Å². The van der Waals surface area contributed by atoms with Gasteiger partial charge in [-0.15, -0.1) is 0 Å². The van der Waals surface area contributed by atoms with Crippen LogP contribution in [0.4, 0.5) is 25.0 Å². The van der Waals surface area contributed by atoms with Crippen molar-refractivity contribution in [3.63, 3.8) is 0 Å². The molecule has 8 nitrogen and oxygen atoms in total. The Hall–Kier alpha value is -2.43. The van der Waals surface area contributed by atoms with Crippen LogP contribution in [-0.4, -0.2) is 57.7 Å². The summed E-state index contributed by atoms with van der Waals surface area (Å²) >= 11 is 0. The van der Waals surface area contributed by atoms with Gasteiger partial charge >= 0.3 is 6.09 Å². The first-order valence-corrected chi connectivity index (χ1v) is 9.22. The Bertz CT molecular complexity index is 808. The van der Waals surface area contributed by atoms with Crippen molar-refractivity contribution in [2.45, 2.75) is 6.10 Å². The Balaban J connectivity index is 1.86. The zero-order valence-corrected chi connectivity index (χ0v) is 13.8. The van der Waals surface area contributed by atoms with Crippen LogP contribution in [0.2, 0.25) is 0 Å². The molecule has 0 aromatic heterocycles. The third kappa shape index (κ3) is 3.36. The van der Waals surface area contributed by atoms with Crippen LogP contribution in [0.15, 0.2) is 12.1 Å². The topological polar surface area (TPSA) is 110 Å². The Morgan fingerprint density at radius 3 is 2.24 bits per heavy atom. The zero-order valence-electron chi connectivity index (χ0n) is 12.9.